The lowest BCUT2D eigenvalue weighted by molar-refractivity contribution is -0.274. The van der Waals surface area contributed by atoms with Crippen LogP contribution in [0.1, 0.15) is 47.2 Å². The van der Waals surface area contributed by atoms with Crippen molar-refractivity contribution in [3.63, 3.8) is 0 Å². The van der Waals surface area contributed by atoms with Crippen LogP contribution in [0, 0.1) is 12.8 Å². The molecule has 1 amide bonds. The highest BCUT2D eigenvalue weighted by atomic mass is 19.4. The smallest absolute Gasteiger partial charge is 0.406 e. The highest BCUT2D eigenvalue weighted by molar-refractivity contribution is 5.98. The Bertz CT molecular complexity index is 1500. The summed E-state index contributed by atoms with van der Waals surface area (Å²) in [6.45, 7) is 1.91. The van der Waals surface area contributed by atoms with Crippen molar-refractivity contribution in [1.29, 1.82) is 0 Å². The van der Waals surface area contributed by atoms with Crippen LogP contribution < -0.4 is 4.74 Å². The van der Waals surface area contributed by atoms with Crippen LogP contribution in [-0.2, 0) is 6.42 Å². The summed E-state index contributed by atoms with van der Waals surface area (Å²) in [4.78, 5) is 20.6. The lowest BCUT2D eigenvalue weighted by Gasteiger charge is -2.39. The van der Waals surface area contributed by atoms with Gasteiger partial charge in [-0.15, -0.1) is 13.2 Å². The van der Waals surface area contributed by atoms with Gasteiger partial charge in [0.1, 0.15) is 5.75 Å². The van der Waals surface area contributed by atoms with E-state index in [2.05, 4.69) is 26.8 Å². The first-order chi connectivity index (χ1) is 18.7. The molecule has 3 aromatic carbocycles. The van der Waals surface area contributed by atoms with Crippen molar-refractivity contribution < 1.29 is 22.7 Å². The summed E-state index contributed by atoms with van der Waals surface area (Å²) >= 11 is 0. The van der Waals surface area contributed by atoms with Crippen LogP contribution in [0.15, 0.2) is 79.0 Å². The maximum atomic E-state index is 13.9. The average molecular weight is 531 g/mol. The van der Waals surface area contributed by atoms with Crippen molar-refractivity contribution in [2.75, 3.05) is 0 Å². The molecule has 2 aliphatic heterocycles. The predicted octanol–water partition coefficient (Wildman–Crippen LogP) is 7.73. The molecule has 2 saturated heterocycles. The molecule has 0 aliphatic carbocycles. The average Bonchev–Trinajstić information content (AvgIpc) is 3.18. The third kappa shape index (κ3) is 5.22. The highest BCUT2D eigenvalue weighted by Gasteiger charge is 2.43. The van der Waals surface area contributed by atoms with Gasteiger partial charge in [0.15, 0.2) is 0 Å². The van der Waals surface area contributed by atoms with Gasteiger partial charge in [0.05, 0.1) is 5.52 Å². The Morgan fingerprint density at radius 1 is 0.974 bits per heavy atom. The maximum absolute atomic E-state index is 13.9. The molecule has 2 bridgehead atoms. The number of pyridine rings is 1. The molecule has 1 aromatic heterocycles. The van der Waals surface area contributed by atoms with E-state index in [1.54, 1.807) is 12.1 Å². The van der Waals surface area contributed by atoms with Gasteiger partial charge in [-0.25, -0.2) is 0 Å². The summed E-state index contributed by atoms with van der Waals surface area (Å²) in [6.07, 6.45) is 2.21. The Hall–Kier alpha value is -3.87. The molecule has 0 N–H and O–H groups in total. The second kappa shape index (κ2) is 10.0. The summed E-state index contributed by atoms with van der Waals surface area (Å²) in [5.41, 5.74) is 5.29. The van der Waals surface area contributed by atoms with Crippen LogP contribution in [0.3, 0.4) is 0 Å². The van der Waals surface area contributed by atoms with E-state index in [9.17, 15) is 18.0 Å². The molecule has 200 valence electrons. The molecule has 0 saturated carbocycles. The van der Waals surface area contributed by atoms with Crippen molar-refractivity contribution in [3.05, 3.63) is 95.7 Å². The molecule has 6 rings (SSSR count). The molecule has 4 nitrogen and oxygen atoms in total. The zero-order valence-corrected chi connectivity index (χ0v) is 21.6. The number of fused-ring (bicyclic) bond motifs is 3. The third-order valence-electron chi connectivity index (χ3n) is 8.20. The molecule has 7 heteroatoms. The second-order valence-corrected chi connectivity index (χ2v) is 10.7. The third-order valence-corrected chi connectivity index (χ3v) is 8.20. The van der Waals surface area contributed by atoms with E-state index in [0.717, 1.165) is 59.7 Å². The first-order valence-corrected chi connectivity index (χ1v) is 13.4. The standard InChI is InChI=1S/C32H29F3N2O2/c1-20-28(23-9-13-27(14-10-23)39-32(33,34)35)6-4-7-29(20)31(38)37-25-11-12-26(37)18-21(17-25)15-22-16-24-5-2-3-8-30(24)36-19-22/h2-10,13-14,16,19,21,25-26H,11-12,15,17-18H2,1H3/t25-,26-/m0/s1. The zero-order chi connectivity index (χ0) is 27.1. The number of aromatic nitrogens is 1. The molecule has 39 heavy (non-hydrogen) atoms. The summed E-state index contributed by atoms with van der Waals surface area (Å²) < 4.78 is 41.6. The fourth-order valence-corrected chi connectivity index (χ4v) is 6.50. The number of ether oxygens (including phenoxy) is 1. The highest BCUT2D eigenvalue weighted by Crippen LogP contribution is 2.41. The number of piperidine rings is 1. The fraction of sp³-hybridized carbons (Fsp3) is 0.312. The summed E-state index contributed by atoms with van der Waals surface area (Å²) in [5, 5.41) is 1.16. The van der Waals surface area contributed by atoms with E-state index in [1.807, 2.05) is 49.5 Å². The number of amides is 1. The minimum atomic E-state index is -4.73. The van der Waals surface area contributed by atoms with Crippen LogP contribution in [0.25, 0.3) is 22.0 Å². The predicted molar refractivity (Wildman–Crippen MR) is 144 cm³/mol. The van der Waals surface area contributed by atoms with Gasteiger partial charge in [0.2, 0.25) is 0 Å². The minimum absolute atomic E-state index is 0.0460. The second-order valence-electron chi connectivity index (χ2n) is 10.7. The Labute approximate surface area is 225 Å². The van der Waals surface area contributed by atoms with E-state index in [-0.39, 0.29) is 23.7 Å². The van der Waals surface area contributed by atoms with Crippen LogP contribution in [-0.4, -0.2) is 34.2 Å². The van der Waals surface area contributed by atoms with E-state index in [4.69, 9.17) is 0 Å². The van der Waals surface area contributed by atoms with Crippen molar-refractivity contribution in [1.82, 2.24) is 9.88 Å². The van der Waals surface area contributed by atoms with Gasteiger partial charge in [0.25, 0.3) is 5.91 Å². The number of hydrogen-bond donors (Lipinski definition) is 0. The number of alkyl halides is 3. The number of nitrogens with zero attached hydrogens (tertiary/aromatic N) is 2. The number of halogens is 3. The first kappa shape index (κ1) is 25.4. The van der Waals surface area contributed by atoms with Crippen molar-refractivity contribution in [2.24, 2.45) is 5.92 Å². The topological polar surface area (TPSA) is 42.4 Å². The molecule has 0 unspecified atom stereocenters. The fourth-order valence-electron chi connectivity index (χ4n) is 6.50. The maximum Gasteiger partial charge on any atom is 0.573 e. The number of benzene rings is 3. The molecular weight excluding hydrogens is 501 g/mol. The van der Waals surface area contributed by atoms with Gasteiger partial charge in [-0.1, -0.05) is 42.5 Å². The summed E-state index contributed by atoms with van der Waals surface area (Å²) in [6, 6.07) is 22.2. The van der Waals surface area contributed by atoms with Crippen LogP contribution >= 0.6 is 0 Å². The van der Waals surface area contributed by atoms with Gasteiger partial charge >= 0.3 is 6.36 Å². The number of rotatable bonds is 5. The summed E-state index contributed by atoms with van der Waals surface area (Å²) in [5.74, 6) is 0.291. The molecule has 3 heterocycles. The minimum Gasteiger partial charge on any atom is -0.406 e. The number of para-hydroxylation sites is 1. The molecule has 4 aromatic rings. The lowest BCUT2D eigenvalue weighted by Crippen LogP contribution is -2.47. The molecule has 2 aliphatic rings. The van der Waals surface area contributed by atoms with E-state index < -0.39 is 6.36 Å². The molecular formula is C32H29F3N2O2. The van der Waals surface area contributed by atoms with Crippen molar-refractivity contribution >= 4 is 16.8 Å². The van der Waals surface area contributed by atoms with Crippen molar-refractivity contribution in [3.8, 4) is 16.9 Å². The SMILES string of the molecule is Cc1c(C(=O)N2[C@H]3CC[C@H]2CC(Cc2cnc4ccccc4c2)C3)cccc1-c1ccc(OC(F)(F)F)cc1. The van der Waals surface area contributed by atoms with Gasteiger partial charge in [-0.2, -0.15) is 0 Å². The zero-order valence-electron chi connectivity index (χ0n) is 21.6. The Balaban J connectivity index is 1.18. The molecule has 2 fully saturated rings. The lowest BCUT2D eigenvalue weighted by atomic mass is 9.85. The van der Waals surface area contributed by atoms with Crippen LogP contribution in [0.4, 0.5) is 13.2 Å². The monoisotopic (exact) mass is 530 g/mol. The molecule has 2 atom stereocenters. The number of carbonyl (C=O) groups is 1. The van der Waals surface area contributed by atoms with Gasteiger partial charge in [-0.05, 0) is 97.5 Å². The first-order valence-electron chi connectivity index (χ1n) is 13.4. The largest absolute Gasteiger partial charge is 0.573 e. The number of hydrogen-bond acceptors (Lipinski definition) is 3. The van der Waals surface area contributed by atoms with E-state index in [0.29, 0.717) is 11.5 Å². The Morgan fingerprint density at radius 3 is 2.41 bits per heavy atom. The molecule has 0 radical (unpaired) electrons. The van der Waals surface area contributed by atoms with Gasteiger partial charge in [-0.3, -0.25) is 9.78 Å². The molecule has 0 spiro atoms. The number of carbonyl (C=O) groups excluding carboxylic acids is 1. The Morgan fingerprint density at radius 2 is 1.69 bits per heavy atom. The van der Waals surface area contributed by atoms with E-state index in [1.165, 1.54) is 17.7 Å². The van der Waals surface area contributed by atoms with Crippen molar-refractivity contribution in [2.45, 2.75) is 57.5 Å². The van der Waals surface area contributed by atoms with Gasteiger partial charge in [0, 0.05) is 29.2 Å². The Kier molecular flexibility index (Phi) is 6.53. The summed E-state index contributed by atoms with van der Waals surface area (Å²) in [7, 11) is 0. The normalized spacial score (nSPS) is 20.8. The van der Waals surface area contributed by atoms with Crippen LogP contribution in [0.5, 0.6) is 5.75 Å². The van der Waals surface area contributed by atoms with Crippen LogP contribution in [0.2, 0.25) is 0 Å². The van der Waals surface area contributed by atoms with E-state index >= 15 is 0 Å². The van der Waals surface area contributed by atoms with Gasteiger partial charge < -0.3 is 9.64 Å². The quantitative estimate of drug-likeness (QED) is 0.265.